The number of rotatable bonds is 5. The number of halogens is 3. The van der Waals surface area contributed by atoms with Gasteiger partial charge in [-0.15, -0.1) is 0 Å². The van der Waals surface area contributed by atoms with Crippen LogP contribution in [-0.4, -0.2) is 23.4 Å². The van der Waals surface area contributed by atoms with Crippen molar-refractivity contribution in [3.05, 3.63) is 71.0 Å². The van der Waals surface area contributed by atoms with E-state index >= 15 is 0 Å². The lowest BCUT2D eigenvalue weighted by molar-refractivity contribution is 0.114. The molecular weight excluding hydrogens is 281 g/mol. The van der Waals surface area contributed by atoms with E-state index < -0.39 is 36.1 Å². The van der Waals surface area contributed by atoms with Crippen LogP contribution in [0.15, 0.2) is 42.5 Å². The summed E-state index contributed by atoms with van der Waals surface area (Å²) < 4.78 is 40.5. The van der Waals surface area contributed by atoms with Gasteiger partial charge in [-0.2, -0.15) is 0 Å². The number of aliphatic hydroxyl groups is 2. The van der Waals surface area contributed by atoms with E-state index in [1.54, 1.807) is 0 Å². The van der Waals surface area contributed by atoms with Crippen LogP contribution in [0.3, 0.4) is 0 Å². The molecule has 0 saturated heterocycles. The Bertz CT molecular complexity index is 587. The fraction of sp³-hybridized carbons (Fsp3) is 0.250. The summed E-state index contributed by atoms with van der Waals surface area (Å²) in [5.41, 5.74) is -1.09. The standard InChI is InChI=1S/C16H15F3O2/c17-12-6-4-11(5-7-12)16(9-20,10-21)8-13-14(18)2-1-3-15(13)19/h1-7,20-21H,8-10H2. The second kappa shape index (κ2) is 6.28. The lowest BCUT2D eigenvalue weighted by Gasteiger charge is -2.31. The third-order valence-electron chi connectivity index (χ3n) is 3.64. The van der Waals surface area contributed by atoms with Crippen LogP contribution in [0.2, 0.25) is 0 Å². The lowest BCUT2D eigenvalue weighted by Crippen LogP contribution is -2.38. The first-order valence-electron chi connectivity index (χ1n) is 6.43. The molecule has 0 bridgehead atoms. The molecule has 0 aromatic heterocycles. The van der Waals surface area contributed by atoms with Crippen molar-refractivity contribution >= 4 is 0 Å². The van der Waals surface area contributed by atoms with Crippen molar-refractivity contribution in [1.82, 2.24) is 0 Å². The molecule has 0 atom stereocenters. The van der Waals surface area contributed by atoms with Gasteiger partial charge in [0.25, 0.3) is 0 Å². The molecule has 2 aromatic carbocycles. The number of hydrogen-bond acceptors (Lipinski definition) is 2. The Morgan fingerprint density at radius 3 is 1.81 bits per heavy atom. The Morgan fingerprint density at radius 2 is 1.33 bits per heavy atom. The Morgan fingerprint density at radius 1 is 0.810 bits per heavy atom. The predicted molar refractivity (Wildman–Crippen MR) is 72.3 cm³/mol. The molecule has 0 fully saturated rings. The number of hydrogen-bond donors (Lipinski definition) is 2. The van der Waals surface area contributed by atoms with E-state index in [9.17, 15) is 23.4 Å². The molecule has 0 aliphatic heterocycles. The van der Waals surface area contributed by atoms with Crippen molar-refractivity contribution in [3.63, 3.8) is 0 Å². The van der Waals surface area contributed by atoms with Crippen LogP contribution in [0.5, 0.6) is 0 Å². The molecule has 0 unspecified atom stereocenters. The Kier molecular flexibility index (Phi) is 4.65. The monoisotopic (exact) mass is 296 g/mol. The highest BCUT2D eigenvalue weighted by Crippen LogP contribution is 2.30. The molecule has 21 heavy (non-hydrogen) atoms. The number of aliphatic hydroxyl groups excluding tert-OH is 2. The van der Waals surface area contributed by atoms with Crippen LogP contribution in [0, 0.1) is 17.5 Å². The zero-order chi connectivity index (χ0) is 15.5. The van der Waals surface area contributed by atoms with E-state index in [1.807, 2.05) is 0 Å². The van der Waals surface area contributed by atoms with Crippen molar-refractivity contribution < 1.29 is 23.4 Å². The third-order valence-corrected chi connectivity index (χ3v) is 3.64. The van der Waals surface area contributed by atoms with Crippen molar-refractivity contribution in [2.45, 2.75) is 11.8 Å². The van der Waals surface area contributed by atoms with Crippen molar-refractivity contribution in [1.29, 1.82) is 0 Å². The molecule has 2 rings (SSSR count). The van der Waals surface area contributed by atoms with Crippen molar-refractivity contribution in [2.75, 3.05) is 13.2 Å². The van der Waals surface area contributed by atoms with Gasteiger partial charge in [-0.05, 0) is 36.2 Å². The smallest absolute Gasteiger partial charge is 0.129 e. The fourth-order valence-corrected chi connectivity index (χ4v) is 2.29. The van der Waals surface area contributed by atoms with Crippen molar-refractivity contribution in [2.24, 2.45) is 0 Å². The van der Waals surface area contributed by atoms with Crippen LogP contribution in [0.1, 0.15) is 11.1 Å². The van der Waals surface area contributed by atoms with Gasteiger partial charge in [0, 0.05) is 11.0 Å². The Balaban J connectivity index is 2.45. The van der Waals surface area contributed by atoms with Crippen molar-refractivity contribution in [3.8, 4) is 0 Å². The fourth-order valence-electron chi connectivity index (χ4n) is 2.29. The molecule has 2 aromatic rings. The van der Waals surface area contributed by atoms with E-state index in [-0.39, 0.29) is 12.0 Å². The first kappa shape index (κ1) is 15.5. The molecule has 5 heteroatoms. The highest BCUT2D eigenvalue weighted by molar-refractivity contribution is 5.31. The first-order valence-corrected chi connectivity index (χ1v) is 6.43. The maximum Gasteiger partial charge on any atom is 0.129 e. The van der Waals surface area contributed by atoms with Gasteiger partial charge in [0.05, 0.1) is 13.2 Å². The summed E-state index contributed by atoms with van der Waals surface area (Å²) in [4.78, 5) is 0. The minimum absolute atomic E-state index is 0.218. The molecule has 0 aliphatic rings. The summed E-state index contributed by atoms with van der Waals surface area (Å²) in [5.74, 6) is -1.97. The summed E-state index contributed by atoms with van der Waals surface area (Å²) >= 11 is 0. The van der Waals surface area contributed by atoms with E-state index in [1.165, 1.54) is 30.3 Å². The summed E-state index contributed by atoms with van der Waals surface area (Å²) in [7, 11) is 0. The third kappa shape index (κ3) is 3.09. The second-order valence-electron chi connectivity index (χ2n) is 4.98. The Hall–Kier alpha value is -1.85. The van der Waals surface area contributed by atoms with Gasteiger partial charge in [-0.3, -0.25) is 0 Å². The van der Waals surface area contributed by atoms with E-state index in [0.29, 0.717) is 5.56 Å². The zero-order valence-corrected chi connectivity index (χ0v) is 11.2. The topological polar surface area (TPSA) is 40.5 Å². The van der Waals surface area contributed by atoms with Gasteiger partial charge in [-0.25, -0.2) is 13.2 Å². The minimum Gasteiger partial charge on any atom is -0.395 e. The van der Waals surface area contributed by atoms with Gasteiger partial charge in [0.15, 0.2) is 0 Å². The van der Waals surface area contributed by atoms with Gasteiger partial charge in [0.2, 0.25) is 0 Å². The van der Waals surface area contributed by atoms with E-state index in [4.69, 9.17) is 0 Å². The summed E-state index contributed by atoms with van der Waals surface area (Å²) in [5, 5.41) is 19.3. The molecule has 0 heterocycles. The molecule has 112 valence electrons. The predicted octanol–water partition coefficient (Wildman–Crippen LogP) is 2.57. The molecular formula is C16H15F3O2. The maximum absolute atomic E-state index is 13.8. The van der Waals surface area contributed by atoms with Gasteiger partial charge < -0.3 is 10.2 Å². The quantitative estimate of drug-likeness (QED) is 0.890. The average Bonchev–Trinajstić information content (AvgIpc) is 2.49. The molecule has 0 radical (unpaired) electrons. The number of benzene rings is 2. The molecule has 2 nitrogen and oxygen atoms in total. The van der Waals surface area contributed by atoms with Crippen LogP contribution in [-0.2, 0) is 11.8 Å². The first-order chi connectivity index (χ1) is 10.0. The largest absolute Gasteiger partial charge is 0.395 e. The highest BCUT2D eigenvalue weighted by Gasteiger charge is 2.33. The van der Waals surface area contributed by atoms with E-state index in [0.717, 1.165) is 12.1 Å². The average molecular weight is 296 g/mol. The molecule has 2 N–H and O–H groups in total. The summed E-state index contributed by atoms with van der Waals surface area (Å²) in [6.07, 6.45) is -0.232. The van der Waals surface area contributed by atoms with Gasteiger partial charge >= 0.3 is 0 Å². The van der Waals surface area contributed by atoms with Crippen LogP contribution in [0.25, 0.3) is 0 Å². The van der Waals surface area contributed by atoms with Gasteiger partial charge in [0.1, 0.15) is 17.5 Å². The zero-order valence-electron chi connectivity index (χ0n) is 11.2. The molecule has 0 saturated carbocycles. The van der Waals surface area contributed by atoms with E-state index in [2.05, 4.69) is 0 Å². The lowest BCUT2D eigenvalue weighted by atomic mass is 9.76. The minimum atomic E-state index is -1.28. The molecule has 0 amide bonds. The van der Waals surface area contributed by atoms with Crippen LogP contribution < -0.4 is 0 Å². The highest BCUT2D eigenvalue weighted by atomic mass is 19.1. The summed E-state index contributed by atoms with van der Waals surface area (Å²) in [6.45, 7) is -1.05. The second-order valence-corrected chi connectivity index (χ2v) is 4.98. The molecule has 0 spiro atoms. The molecule has 0 aliphatic carbocycles. The van der Waals surface area contributed by atoms with Crippen LogP contribution >= 0.6 is 0 Å². The Labute approximate surface area is 120 Å². The summed E-state index contributed by atoms with van der Waals surface area (Å²) in [6, 6.07) is 8.60. The van der Waals surface area contributed by atoms with Gasteiger partial charge in [-0.1, -0.05) is 18.2 Å². The van der Waals surface area contributed by atoms with Crippen LogP contribution in [0.4, 0.5) is 13.2 Å². The maximum atomic E-state index is 13.8. The normalized spacial score (nSPS) is 11.7. The SMILES string of the molecule is OCC(CO)(Cc1c(F)cccc1F)c1ccc(F)cc1.